The van der Waals surface area contributed by atoms with Crippen LogP contribution in [0, 0.1) is 45.3 Å². The zero-order valence-corrected chi connectivity index (χ0v) is 25.1. The van der Waals surface area contributed by atoms with Crippen LogP contribution in [-0.2, 0) is 11.8 Å². The van der Waals surface area contributed by atoms with E-state index >= 15 is 0 Å². The highest BCUT2D eigenvalue weighted by Crippen LogP contribution is 2.60. The van der Waals surface area contributed by atoms with Gasteiger partial charge in [-0.3, -0.25) is 0 Å². The van der Waals surface area contributed by atoms with Crippen LogP contribution in [0.3, 0.4) is 0 Å². The summed E-state index contributed by atoms with van der Waals surface area (Å²) in [5, 5.41) is 40.5. The van der Waals surface area contributed by atoms with E-state index in [4.69, 9.17) is 0 Å². The molecule has 5 heteroatoms. The summed E-state index contributed by atoms with van der Waals surface area (Å²) in [6.07, 6.45) is 0.707. The van der Waals surface area contributed by atoms with Gasteiger partial charge in [-0.05, 0) is 81.8 Å². The first kappa shape index (κ1) is 27.6. The first-order valence-corrected chi connectivity index (χ1v) is 15.2. The minimum absolute atomic E-state index is 0.0719. The molecular weight excluding hydrogens is 574 g/mol. The number of benzene rings is 6. The Morgan fingerprint density at radius 1 is 0.489 bits per heavy atom. The highest BCUT2D eigenvalue weighted by atomic mass is 15.2. The molecule has 6 aromatic rings. The SMILES string of the molecule is N#Cc1cc(C#N)c(C#N)c(-c2ccc3c(c2)C2(c4ccccc4C3)c3ccccc3N(c3ccccc3)c3ccccc32)c1C#N. The van der Waals surface area contributed by atoms with Crippen LogP contribution >= 0.6 is 0 Å². The fraction of sp³-hybridized carbons (Fsp3) is 0.0476. The number of rotatable bonds is 2. The lowest BCUT2D eigenvalue weighted by molar-refractivity contribution is 0.693. The van der Waals surface area contributed by atoms with Gasteiger partial charge in [-0.25, -0.2) is 0 Å². The maximum absolute atomic E-state index is 10.3. The monoisotopic (exact) mass is 597 g/mol. The molecule has 1 spiro atoms. The highest BCUT2D eigenvalue weighted by molar-refractivity contribution is 5.91. The maximum atomic E-state index is 10.3. The van der Waals surface area contributed by atoms with Gasteiger partial charge in [0.15, 0.2) is 0 Å². The molecule has 0 saturated carbocycles. The Balaban J connectivity index is 1.52. The van der Waals surface area contributed by atoms with Crippen molar-refractivity contribution in [3.63, 3.8) is 0 Å². The molecule has 1 aliphatic heterocycles. The molecule has 47 heavy (non-hydrogen) atoms. The van der Waals surface area contributed by atoms with Crippen LogP contribution < -0.4 is 4.90 Å². The lowest BCUT2D eigenvalue weighted by Gasteiger charge is -2.49. The molecule has 0 amide bonds. The van der Waals surface area contributed by atoms with Crippen LogP contribution in [0.4, 0.5) is 17.1 Å². The third kappa shape index (κ3) is 3.79. The predicted molar refractivity (Wildman–Crippen MR) is 180 cm³/mol. The summed E-state index contributed by atoms with van der Waals surface area (Å²) in [4.78, 5) is 2.31. The predicted octanol–water partition coefficient (Wildman–Crippen LogP) is 8.91. The van der Waals surface area contributed by atoms with Crippen LogP contribution in [0.25, 0.3) is 11.1 Å². The molecule has 0 bridgehead atoms. The average Bonchev–Trinajstić information content (AvgIpc) is 3.14. The molecule has 0 unspecified atom stereocenters. The van der Waals surface area contributed by atoms with E-state index in [-0.39, 0.29) is 22.3 Å². The summed E-state index contributed by atoms with van der Waals surface area (Å²) in [6.45, 7) is 0. The zero-order chi connectivity index (χ0) is 32.1. The number of fused-ring (bicyclic) bond motifs is 8. The van der Waals surface area contributed by atoms with Crippen molar-refractivity contribution < 1.29 is 0 Å². The van der Waals surface area contributed by atoms with Crippen molar-refractivity contribution in [2.75, 3.05) is 4.90 Å². The Morgan fingerprint density at radius 2 is 1.02 bits per heavy atom. The Hall–Kier alpha value is -6.92. The van der Waals surface area contributed by atoms with Gasteiger partial charge in [-0.2, -0.15) is 21.0 Å². The summed E-state index contributed by atoms with van der Waals surface area (Å²) >= 11 is 0. The summed E-state index contributed by atoms with van der Waals surface area (Å²) in [6, 6.07) is 51.8. The van der Waals surface area contributed by atoms with E-state index in [9.17, 15) is 21.0 Å². The van der Waals surface area contributed by atoms with E-state index in [1.807, 2.05) is 24.3 Å². The van der Waals surface area contributed by atoms with Crippen molar-refractivity contribution >= 4 is 17.1 Å². The van der Waals surface area contributed by atoms with Gasteiger partial charge in [0, 0.05) is 11.3 Å². The summed E-state index contributed by atoms with van der Waals surface area (Å²) in [5.74, 6) is 0. The minimum Gasteiger partial charge on any atom is -0.310 e. The van der Waals surface area contributed by atoms with E-state index in [1.165, 1.54) is 17.2 Å². The lowest BCUT2D eigenvalue weighted by Crippen LogP contribution is -2.41. The first-order chi connectivity index (χ1) is 23.1. The van der Waals surface area contributed by atoms with Gasteiger partial charge in [0.25, 0.3) is 0 Å². The van der Waals surface area contributed by atoms with Crippen LogP contribution in [0.5, 0.6) is 0 Å². The van der Waals surface area contributed by atoms with E-state index in [0.29, 0.717) is 17.5 Å². The zero-order valence-electron chi connectivity index (χ0n) is 25.1. The minimum atomic E-state index is -0.747. The van der Waals surface area contributed by atoms with Crippen molar-refractivity contribution in [1.82, 2.24) is 0 Å². The summed E-state index contributed by atoms with van der Waals surface area (Å²) < 4.78 is 0. The van der Waals surface area contributed by atoms with Gasteiger partial charge < -0.3 is 4.90 Å². The Morgan fingerprint density at radius 3 is 1.62 bits per heavy atom. The maximum Gasteiger partial charge on any atom is 0.101 e. The standard InChI is InChI=1S/C42H23N5/c43-23-30-21-31(24-44)34(26-46)41(33(30)25-45)29-19-18-28-20-27-10-4-5-13-35(27)42(38(28)22-29)36-14-6-8-16-39(36)47(32-11-2-1-3-12-32)40-17-9-7-15-37(40)42/h1-19,21-22H,20H2. The molecular formula is C42H23N5. The Bertz CT molecular complexity index is 2350. The molecule has 5 nitrogen and oxygen atoms in total. The first-order valence-electron chi connectivity index (χ1n) is 15.2. The molecule has 6 aromatic carbocycles. The number of nitrogens with zero attached hydrogens (tertiary/aromatic N) is 5. The summed E-state index contributed by atoms with van der Waals surface area (Å²) in [5.41, 5.74) is 10.4. The number of anilines is 3. The van der Waals surface area contributed by atoms with Crippen LogP contribution in [0.2, 0.25) is 0 Å². The molecule has 1 heterocycles. The Labute approximate surface area is 272 Å². The second-order valence-electron chi connectivity index (χ2n) is 11.7. The smallest absolute Gasteiger partial charge is 0.101 e. The molecule has 0 fully saturated rings. The van der Waals surface area contributed by atoms with Crippen molar-refractivity contribution in [2.45, 2.75) is 11.8 Å². The second kappa shape index (κ2) is 10.6. The normalized spacial score (nSPS) is 13.1. The number of hydrogen-bond donors (Lipinski definition) is 0. The van der Waals surface area contributed by atoms with Crippen LogP contribution in [0.1, 0.15) is 55.6 Å². The molecule has 0 N–H and O–H groups in total. The molecule has 216 valence electrons. The number of para-hydroxylation sites is 3. The van der Waals surface area contributed by atoms with E-state index < -0.39 is 5.41 Å². The third-order valence-corrected chi connectivity index (χ3v) is 9.51. The fourth-order valence-electron chi connectivity index (χ4n) is 7.69. The molecule has 8 rings (SSSR count). The van der Waals surface area contributed by atoms with Gasteiger partial charge in [0.1, 0.15) is 24.3 Å². The van der Waals surface area contributed by atoms with E-state index in [0.717, 1.165) is 39.3 Å². The van der Waals surface area contributed by atoms with Gasteiger partial charge in [-0.1, -0.05) is 91.0 Å². The molecule has 0 atom stereocenters. The van der Waals surface area contributed by atoms with Crippen LogP contribution in [-0.4, -0.2) is 0 Å². The molecule has 0 radical (unpaired) electrons. The highest BCUT2D eigenvalue weighted by Gasteiger charge is 2.50. The van der Waals surface area contributed by atoms with Crippen molar-refractivity contribution in [3.05, 3.63) is 183 Å². The fourth-order valence-corrected chi connectivity index (χ4v) is 7.69. The topological polar surface area (TPSA) is 98.4 Å². The molecule has 0 aromatic heterocycles. The van der Waals surface area contributed by atoms with Crippen molar-refractivity contribution in [1.29, 1.82) is 21.0 Å². The molecule has 2 aliphatic rings. The van der Waals surface area contributed by atoms with Crippen molar-refractivity contribution in [2.24, 2.45) is 0 Å². The van der Waals surface area contributed by atoms with E-state index in [1.54, 1.807) is 0 Å². The third-order valence-electron chi connectivity index (χ3n) is 9.51. The van der Waals surface area contributed by atoms with Crippen molar-refractivity contribution in [3.8, 4) is 35.4 Å². The number of nitriles is 4. The molecule has 1 aliphatic carbocycles. The van der Waals surface area contributed by atoms with Crippen LogP contribution in [0.15, 0.2) is 127 Å². The van der Waals surface area contributed by atoms with Gasteiger partial charge in [0.2, 0.25) is 0 Å². The summed E-state index contributed by atoms with van der Waals surface area (Å²) in [7, 11) is 0. The van der Waals surface area contributed by atoms with Gasteiger partial charge in [0.05, 0.1) is 39.0 Å². The lowest BCUT2D eigenvalue weighted by atomic mass is 9.57. The van der Waals surface area contributed by atoms with E-state index in [2.05, 4.69) is 126 Å². The number of hydrogen-bond acceptors (Lipinski definition) is 5. The second-order valence-corrected chi connectivity index (χ2v) is 11.7. The van der Waals surface area contributed by atoms with Gasteiger partial charge in [-0.15, -0.1) is 0 Å². The Kier molecular flexibility index (Phi) is 6.23. The van der Waals surface area contributed by atoms with Gasteiger partial charge >= 0.3 is 0 Å². The molecule has 0 saturated heterocycles. The largest absolute Gasteiger partial charge is 0.310 e. The quantitative estimate of drug-likeness (QED) is 0.198. The average molecular weight is 598 g/mol.